The van der Waals surface area contributed by atoms with Gasteiger partial charge < -0.3 is 9.84 Å². The lowest BCUT2D eigenvalue weighted by Gasteiger charge is -2.01. The molecule has 1 atom stereocenters. The molecule has 0 aromatic carbocycles. The van der Waals surface area contributed by atoms with Crippen molar-refractivity contribution in [3.8, 4) is 0 Å². The Hall–Kier alpha value is -0.900. The van der Waals surface area contributed by atoms with E-state index in [2.05, 4.69) is 20.0 Å². The Kier molecular flexibility index (Phi) is 1.39. The molecule has 0 saturated carbocycles. The van der Waals surface area contributed by atoms with Gasteiger partial charge in [0.05, 0.1) is 6.04 Å². The minimum atomic E-state index is 0.332. The lowest BCUT2D eigenvalue weighted by molar-refractivity contribution is 0.401. The lowest BCUT2D eigenvalue weighted by Crippen LogP contribution is -2.13. The molecular formula is C6H9N3O. The molecule has 0 amide bonds. The number of nitrogens with zero attached hydrogens (tertiary/aromatic N) is 2. The fraction of sp³-hybridized carbons (Fsp3) is 0.667. The summed E-state index contributed by atoms with van der Waals surface area (Å²) in [4.78, 5) is 3.96. The van der Waals surface area contributed by atoms with Crippen molar-refractivity contribution >= 4 is 0 Å². The van der Waals surface area contributed by atoms with Gasteiger partial charge in [-0.1, -0.05) is 5.16 Å². The van der Waals surface area contributed by atoms with Crippen LogP contribution in [0.2, 0.25) is 0 Å². The van der Waals surface area contributed by atoms with Crippen LogP contribution in [0.1, 0.15) is 24.7 Å². The van der Waals surface area contributed by atoms with Crippen molar-refractivity contribution in [2.75, 3.05) is 6.54 Å². The zero-order valence-electron chi connectivity index (χ0n) is 5.58. The molecule has 1 N–H and O–H groups in total. The van der Waals surface area contributed by atoms with E-state index in [0.29, 0.717) is 6.04 Å². The summed E-state index contributed by atoms with van der Waals surface area (Å²) in [5, 5.41) is 7.02. The Bertz CT molecular complexity index is 191. The second-order valence-electron chi connectivity index (χ2n) is 2.44. The third-order valence-electron chi connectivity index (χ3n) is 1.75. The number of hydrogen-bond acceptors (Lipinski definition) is 4. The highest BCUT2D eigenvalue weighted by Gasteiger charge is 2.19. The summed E-state index contributed by atoms with van der Waals surface area (Å²) < 4.78 is 4.63. The summed E-state index contributed by atoms with van der Waals surface area (Å²) in [6.45, 7) is 1.07. The monoisotopic (exact) mass is 139 g/mol. The van der Waals surface area contributed by atoms with Gasteiger partial charge in [0.1, 0.15) is 0 Å². The molecule has 2 heterocycles. The van der Waals surface area contributed by atoms with Gasteiger partial charge in [0, 0.05) is 0 Å². The summed E-state index contributed by atoms with van der Waals surface area (Å²) in [5.41, 5.74) is 0. The number of hydrogen-bond donors (Lipinski definition) is 1. The smallest absolute Gasteiger partial charge is 0.213 e. The number of aromatic nitrogens is 2. The van der Waals surface area contributed by atoms with Gasteiger partial charge in [0.2, 0.25) is 6.39 Å². The Morgan fingerprint density at radius 2 is 2.70 bits per heavy atom. The molecule has 1 aromatic heterocycles. The van der Waals surface area contributed by atoms with Crippen LogP contribution >= 0.6 is 0 Å². The van der Waals surface area contributed by atoms with Gasteiger partial charge >= 0.3 is 0 Å². The van der Waals surface area contributed by atoms with Gasteiger partial charge in [-0.3, -0.25) is 0 Å². The quantitative estimate of drug-likeness (QED) is 0.615. The topological polar surface area (TPSA) is 51.0 Å². The third-order valence-corrected chi connectivity index (χ3v) is 1.75. The first-order valence-corrected chi connectivity index (χ1v) is 3.46. The molecule has 4 nitrogen and oxygen atoms in total. The van der Waals surface area contributed by atoms with Crippen LogP contribution in [0.3, 0.4) is 0 Å². The van der Waals surface area contributed by atoms with E-state index in [0.717, 1.165) is 18.8 Å². The predicted molar refractivity (Wildman–Crippen MR) is 34.3 cm³/mol. The maximum absolute atomic E-state index is 4.63. The molecule has 4 heteroatoms. The van der Waals surface area contributed by atoms with E-state index in [4.69, 9.17) is 0 Å². The summed E-state index contributed by atoms with van der Waals surface area (Å²) in [6, 6.07) is 0.332. The van der Waals surface area contributed by atoms with Crippen LogP contribution in [0, 0.1) is 0 Å². The molecule has 0 spiro atoms. The normalized spacial score (nSPS) is 25.4. The molecular weight excluding hydrogens is 130 g/mol. The second-order valence-corrected chi connectivity index (χ2v) is 2.44. The van der Waals surface area contributed by atoms with Crippen LogP contribution in [0.15, 0.2) is 10.9 Å². The van der Waals surface area contributed by atoms with Crippen LogP contribution in [-0.2, 0) is 0 Å². The first kappa shape index (κ1) is 5.85. The highest BCUT2D eigenvalue weighted by atomic mass is 16.5. The van der Waals surface area contributed by atoms with Crippen molar-refractivity contribution in [3.05, 3.63) is 12.2 Å². The number of rotatable bonds is 1. The molecule has 1 unspecified atom stereocenters. The van der Waals surface area contributed by atoms with Crippen LogP contribution < -0.4 is 5.32 Å². The standard InChI is InChI=1S/C6H9N3O/c1-2-5(7-3-1)6-8-4-10-9-6/h4-5,7H,1-3H2. The zero-order valence-corrected chi connectivity index (χ0v) is 5.58. The molecule has 2 rings (SSSR count). The Morgan fingerprint density at radius 3 is 3.30 bits per heavy atom. The molecule has 10 heavy (non-hydrogen) atoms. The second kappa shape index (κ2) is 2.38. The van der Waals surface area contributed by atoms with Crippen LogP contribution in [-0.4, -0.2) is 16.7 Å². The van der Waals surface area contributed by atoms with Crippen molar-refractivity contribution < 1.29 is 4.52 Å². The Morgan fingerprint density at radius 1 is 1.70 bits per heavy atom. The van der Waals surface area contributed by atoms with Crippen LogP contribution in [0.25, 0.3) is 0 Å². The maximum atomic E-state index is 4.63. The Labute approximate surface area is 58.6 Å². The van der Waals surface area contributed by atoms with Crippen LogP contribution in [0.5, 0.6) is 0 Å². The fourth-order valence-corrected chi connectivity index (χ4v) is 1.24. The summed E-state index contributed by atoms with van der Waals surface area (Å²) in [6.07, 6.45) is 3.70. The highest BCUT2D eigenvalue weighted by molar-refractivity contribution is 4.92. The SMILES string of the molecule is c1nc(C2CCCN2)no1. The molecule has 54 valence electrons. The van der Waals surface area contributed by atoms with E-state index in [1.807, 2.05) is 0 Å². The zero-order chi connectivity index (χ0) is 6.81. The minimum absolute atomic E-state index is 0.332. The maximum Gasteiger partial charge on any atom is 0.213 e. The van der Waals surface area contributed by atoms with Crippen molar-refractivity contribution in [1.29, 1.82) is 0 Å². The van der Waals surface area contributed by atoms with Gasteiger partial charge in [0.15, 0.2) is 5.82 Å². The third kappa shape index (κ3) is 0.903. The lowest BCUT2D eigenvalue weighted by atomic mass is 10.2. The van der Waals surface area contributed by atoms with Gasteiger partial charge in [-0.25, -0.2) is 0 Å². The summed E-state index contributed by atoms with van der Waals surface area (Å²) in [7, 11) is 0. The van der Waals surface area contributed by atoms with E-state index in [-0.39, 0.29) is 0 Å². The van der Waals surface area contributed by atoms with E-state index >= 15 is 0 Å². The molecule has 1 fully saturated rings. The van der Waals surface area contributed by atoms with E-state index in [9.17, 15) is 0 Å². The van der Waals surface area contributed by atoms with E-state index < -0.39 is 0 Å². The van der Waals surface area contributed by atoms with Gasteiger partial charge in [-0.2, -0.15) is 4.98 Å². The molecule has 1 aromatic rings. The van der Waals surface area contributed by atoms with Crippen molar-refractivity contribution in [1.82, 2.24) is 15.5 Å². The Balaban J connectivity index is 2.12. The highest BCUT2D eigenvalue weighted by Crippen LogP contribution is 2.18. The van der Waals surface area contributed by atoms with Crippen LogP contribution in [0.4, 0.5) is 0 Å². The molecule has 0 radical (unpaired) electrons. The summed E-state index contributed by atoms with van der Waals surface area (Å²) >= 11 is 0. The molecule has 1 saturated heterocycles. The minimum Gasteiger partial charge on any atom is -0.343 e. The first-order chi connectivity index (χ1) is 4.97. The first-order valence-electron chi connectivity index (χ1n) is 3.46. The fourth-order valence-electron chi connectivity index (χ4n) is 1.24. The van der Waals surface area contributed by atoms with Gasteiger partial charge in [0.25, 0.3) is 0 Å². The van der Waals surface area contributed by atoms with Crippen molar-refractivity contribution in [2.24, 2.45) is 0 Å². The van der Waals surface area contributed by atoms with Gasteiger partial charge in [-0.05, 0) is 19.4 Å². The molecule has 1 aliphatic heterocycles. The molecule has 0 aliphatic carbocycles. The predicted octanol–water partition coefficient (Wildman–Crippen LogP) is 0.494. The van der Waals surface area contributed by atoms with Crippen molar-refractivity contribution in [3.63, 3.8) is 0 Å². The number of nitrogens with one attached hydrogen (secondary N) is 1. The molecule has 1 aliphatic rings. The van der Waals surface area contributed by atoms with E-state index in [1.165, 1.54) is 12.8 Å². The summed E-state index contributed by atoms with van der Waals surface area (Å²) in [5.74, 6) is 0.789. The average Bonchev–Trinajstić information content (AvgIpc) is 2.59. The van der Waals surface area contributed by atoms with E-state index in [1.54, 1.807) is 0 Å². The van der Waals surface area contributed by atoms with Gasteiger partial charge in [-0.15, -0.1) is 0 Å². The van der Waals surface area contributed by atoms with Crippen molar-refractivity contribution in [2.45, 2.75) is 18.9 Å². The molecule has 0 bridgehead atoms. The average molecular weight is 139 g/mol. The largest absolute Gasteiger partial charge is 0.343 e.